The van der Waals surface area contributed by atoms with E-state index in [1.807, 2.05) is 30.3 Å². The topological polar surface area (TPSA) is 100.0 Å². The first-order valence-corrected chi connectivity index (χ1v) is 9.25. The van der Waals surface area contributed by atoms with Crippen molar-refractivity contribution in [3.8, 4) is 11.4 Å². The molecule has 1 amide bonds. The van der Waals surface area contributed by atoms with Crippen molar-refractivity contribution in [2.75, 3.05) is 33.9 Å². The number of aromatic nitrogens is 2. The van der Waals surface area contributed by atoms with Crippen molar-refractivity contribution in [1.29, 1.82) is 0 Å². The molecule has 0 spiro atoms. The molecule has 9 heteroatoms. The van der Waals surface area contributed by atoms with Gasteiger partial charge in [-0.15, -0.1) is 0 Å². The van der Waals surface area contributed by atoms with Gasteiger partial charge < -0.3 is 19.1 Å². The molecule has 2 heterocycles. The van der Waals surface area contributed by atoms with Crippen LogP contribution in [-0.4, -0.2) is 66.4 Å². The second kappa shape index (κ2) is 9.22. The van der Waals surface area contributed by atoms with Crippen LogP contribution in [0.25, 0.3) is 5.69 Å². The van der Waals surface area contributed by atoms with Crippen LogP contribution in [0, 0.1) is 5.92 Å². The number of nitrogens with zero attached hydrogens (tertiary/aromatic N) is 3. The van der Waals surface area contributed by atoms with Gasteiger partial charge in [-0.2, -0.15) is 5.10 Å². The highest BCUT2D eigenvalue weighted by atomic mass is 16.5. The normalized spacial score (nSPS) is 14.3. The summed E-state index contributed by atoms with van der Waals surface area (Å²) in [4.78, 5) is 37.9. The summed E-state index contributed by atoms with van der Waals surface area (Å²) in [6, 6.07) is 9.25. The molecule has 0 unspecified atom stereocenters. The minimum absolute atomic E-state index is 0.00597. The number of rotatable bonds is 6. The SMILES string of the molecule is COC(=O)C1CCN(C(=O)COC(=O)c2nn(-c3ccccc3)cc2OC)CC1. The molecule has 3 rings (SSSR count). The number of hydrogen-bond acceptors (Lipinski definition) is 7. The van der Waals surface area contributed by atoms with Crippen LogP contribution in [0.4, 0.5) is 0 Å². The summed E-state index contributed by atoms with van der Waals surface area (Å²) in [5, 5.41) is 4.22. The molecule has 1 aliphatic heterocycles. The molecule has 1 aromatic carbocycles. The van der Waals surface area contributed by atoms with Gasteiger partial charge in [0.2, 0.25) is 5.69 Å². The highest BCUT2D eigenvalue weighted by molar-refractivity contribution is 5.92. The Morgan fingerprint density at radius 3 is 2.41 bits per heavy atom. The quantitative estimate of drug-likeness (QED) is 0.676. The van der Waals surface area contributed by atoms with Gasteiger partial charge in [-0.05, 0) is 25.0 Å². The van der Waals surface area contributed by atoms with Gasteiger partial charge in [-0.3, -0.25) is 9.59 Å². The number of hydrogen-bond donors (Lipinski definition) is 0. The maximum absolute atomic E-state index is 12.4. The Morgan fingerprint density at radius 1 is 1.10 bits per heavy atom. The predicted octanol–water partition coefficient (Wildman–Crippen LogP) is 1.45. The number of carbonyl (C=O) groups excluding carboxylic acids is 3. The lowest BCUT2D eigenvalue weighted by Crippen LogP contribution is -2.42. The summed E-state index contributed by atoms with van der Waals surface area (Å²) in [6.45, 7) is 0.438. The van der Waals surface area contributed by atoms with Gasteiger partial charge in [0.1, 0.15) is 0 Å². The third kappa shape index (κ3) is 4.74. The van der Waals surface area contributed by atoms with Crippen LogP contribution in [0.5, 0.6) is 5.75 Å². The first-order valence-electron chi connectivity index (χ1n) is 9.25. The summed E-state index contributed by atoms with van der Waals surface area (Å²) >= 11 is 0. The summed E-state index contributed by atoms with van der Waals surface area (Å²) in [7, 11) is 2.78. The van der Waals surface area contributed by atoms with Crippen molar-refractivity contribution in [1.82, 2.24) is 14.7 Å². The van der Waals surface area contributed by atoms with Gasteiger partial charge in [0, 0.05) is 13.1 Å². The first kappa shape index (κ1) is 20.4. The number of likely N-dealkylation sites (tertiary alicyclic amines) is 1. The van der Waals surface area contributed by atoms with Crippen LogP contribution in [0.1, 0.15) is 23.3 Å². The molecule has 0 radical (unpaired) electrons. The number of esters is 2. The third-order valence-electron chi connectivity index (χ3n) is 4.82. The van der Waals surface area contributed by atoms with Crippen LogP contribution >= 0.6 is 0 Å². The molecule has 154 valence electrons. The molecule has 0 saturated carbocycles. The highest BCUT2D eigenvalue weighted by Gasteiger charge is 2.29. The number of piperidine rings is 1. The lowest BCUT2D eigenvalue weighted by atomic mass is 9.97. The standard InChI is InChI=1S/C20H23N3O6/c1-27-16-12-23(15-6-4-3-5-7-15)21-18(16)20(26)29-13-17(24)22-10-8-14(9-11-22)19(25)28-2/h3-7,12,14H,8-11,13H2,1-2H3. The van der Waals surface area contributed by atoms with Crippen LogP contribution in [0.2, 0.25) is 0 Å². The Morgan fingerprint density at radius 2 is 1.79 bits per heavy atom. The second-order valence-corrected chi connectivity index (χ2v) is 6.58. The molecule has 0 aliphatic carbocycles. The number of carbonyl (C=O) groups is 3. The number of para-hydroxylation sites is 1. The zero-order valence-electron chi connectivity index (χ0n) is 16.4. The van der Waals surface area contributed by atoms with E-state index < -0.39 is 12.6 Å². The zero-order chi connectivity index (χ0) is 20.8. The molecule has 1 fully saturated rings. The van der Waals surface area contributed by atoms with E-state index in [2.05, 4.69) is 5.10 Å². The molecule has 1 aliphatic rings. The average Bonchev–Trinajstić information content (AvgIpc) is 3.22. The number of amides is 1. The van der Waals surface area contributed by atoms with Crippen molar-refractivity contribution < 1.29 is 28.6 Å². The van der Waals surface area contributed by atoms with Crippen LogP contribution in [0.3, 0.4) is 0 Å². The molecular weight excluding hydrogens is 378 g/mol. The average molecular weight is 401 g/mol. The van der Waals surface area contributed by atoms with Gasteiger partial charge in [-0.25, -0.2) is 9.48 Å². The fourth-order valence-electron chi connectivity index (χ4n) is 3.18. The Hall–Kier alpha value is -3.36. The van der Waals surface area contributed by atoms with E-state index in [0.29, 0.717) is 25.9 Å². The van der Waals surface area contributed by atoms with Crippen molar-refractivity contribution in [2.24, 2.45) is 5.92 Å². The zero-order valence-corrected chi connectivity index (χ0v) is 16.4. The Kier molecular flexibility index (Phi) is 6.48. The van der Waals surface area contributed by atoms with E-state index in [-0.39, 0.29) is 29.2 Å². The van der Waals surface area contributed by atoms with Gasteiger partial charge >= 0.3 is 11.9 Å². The van der Waals surface area contributed by atoms with E-state index >= 15 is 0 Å². The molecule has 9 nitrogen and oxygen atoms in total. The molecule has 1 aromatic heterocycles. The third-order valence-corrected chi connectivity index (χ3v) is 4.82. The summed E-state index contributed by atoms with van der Waals surface area (Å²) in [5.74, 6) is -1.26. The van der Waals surface area contributed by atoms with Crippen molar-refractivity contribution >= 4 is 17.8 Å². The maximum atomic E-state index is 12.4. The predicted molar refractivity (Wildman–Crippen MR) is 102 cm³/mol. The smallest absolute Gasteiger partial charge is 0.363 e. The largest absolute Gasteiger partial charge is 0.493 e. The van der Waals surface area contributed by atoms with Gasteiger partial charge in [0.15, 0.2) is 12.4 Å². The lowest BCUT2D eigenvalue weighted by molar-refractivity contribution is -0.149. The maximum Gasteiger partial charge on any atom is 0.363 e. The Labute approximate surface area is 168 Å². The Bertz CT molecular complexity index is 872. The van der Waals surface area contributed by atoms with Crippen LogP contribution in [0.15, 0.2) is 36.5 Å². The summed E-state index contributed by atoms with van der Waals surface area (Å²) in [5.41, 5.74) is 0.753. The number of benzene rings is 1. The first-order chi connectivity index (χ1) is 14.0. The van der Waals surface area contributed by atoms with Crippen molar-refractivity contribution in [2.45, 2.75) is 12.8 Å². The van der Waals surface area contributed by atoms with Crippen molar-refractivity contribution in [3.05, 3.63) is 42.2 Å². The van der Waals surface area contributed by atoms with E-state index in [9.17, 15) is 14.4 Å². The lowest BCUT2D eigenvalue weighted by Gasteiger charge is -2.30. The monoisotopic (exact) mass is 401 g/mol. The molecule has 0 N–H and O–H groups in total. The Balaban J connectivity index is 1.58. The van der Waals surface area contributed by atoms with E-state index in [0.717, 1.165) is 5.69 Å². The molecule has 1 saturated heterocycles. The summed E-state index contributed by atoms with van der Waals surface area (Å²) in [6.07, 6.45) is 2.63. The van der Waals surface area contributed by atoms with Crippen LogP contribution in [-0.2, 0) is 19.1 Å². The molecule has 2 aromatic rings. The molecular formula is C20H23N3O6. The van der Waals surface area contributed by atoms with Crippen LogP contribution < -0.4 is 4.74 Å². The fraction of sp³-hybridized carbons (Fsp3) is 0.400. The molecule has 0 bridgehead atoms. The number of methoxy groups -OCH3 is 2. The minimum atomic E-state index is -0.741. The fourth-order valence-corrected chi connectivity index (χ4v) is 3.18. The number of ether oxygens (including phenoxy) is 3. The molecule has 0 atom stereocenters. The van der Waals surface area contributed by atoms with Gasteiger partial charge in [0.25, 0.3) is 5.91 Å². The van der Waals surface area contributed by atoms with Gasteiger partial charge in [-0.1, -0.05) is 18.2 Å². The second-order valence-electron chi connectivity index (χ2n) is 6.58. The van der Waals surface area contributed by atoms with Gasteiger partial charge in [0.05, 0.1) is 32.0 Å². The minimum Gasteiger partial charge on any atom is -0.493 e. The summed E-state index contributed by atoms with van der Waals surface area (Å²) < 4.78 is 16.6. The van der Waals surface area contributed by atoms with Crippen molar-refractivity contribution in [3.63, 3.8) is 0 Å². The highest BCUT2D eigenvalue weighted by Crippen LogP contribution is 2.21. The van der Waals surface area contributed by atoms with E-state index in [4.69, 9.17) is 14.2 Å². The van der Waals surface area contributed by atoms with E-state index in [1.165, 1.54) is 18.9 Å². The van der Waals surface area contributed by atoms with E-state index in [1.54, 1.807) is 11.1 Å². The molecule has 29 heavy (non-hydrogen) atoms.